The molecule has 0 N–H and O–H groups in total. The summed E-state index contributed by atoms with van der Waals surface area (Å²) in [5, 5.41) is 6.81. The molecule has 0 atom stereocenters. The fourth-order valence-corrected chi connectivity index (χ4v) is 8.32. The lowest BCUT2D eigenvalue weighted by atomic mass is 9.80. The Kier molecular flexibility index (Phi) is 5.66. The van der Waals surface area contributed by atoms with E-state index in [4.69, 9.17) is 23.8 Å². The maximum Gasteiger partial charge on any atom is 0.164 e. The lowest BCUT2D eigenvalue weighted by molar-refractivity contribution is 0.666. The van der Waals surface area contributed by atoms with Crippen LogP contribution in [-0.2, 0) is 5.41 Å². The monoisotopic (exact) mass is 655 g/mol. The van der Waals surface area contributed by atoms with Crippen LogP contribution < -0.4 is 0 Å². The number of aromatic nitrogens is 3. The molecule has 10 aromatic rings. The van der Waals surface area contributed by atoms with Crippen LogP contribution in [-0.4, -0.2) is 15.0 Å². The number of hydrogen-bond donors (Lipinski definition) is 0. The number of furan rings is 2. The Hall–Kier alpha value is -6.59. The number of benzene rings is 7. The van der Waals surface area contributed by atoms with E-state index in [-0.39, 0.29) is 5.41 Å². The molecular formula is C46H29N3O2. The standard InChI is InChI=1S/C46H29N3O2/c1-46(2)36-15-9-14-35(41(36)34-23-18-26-10-3-4-11-29(26)42(34)46)45-48-43(27-19-21-32-30-12-5-7-16-37(30)50-39(32)24-27)47-44(49-45)28-20-22-33-31-13-6-8-17-38(31)51-40(33)25-28/h3-25H,1-2H3. The van der Waals surface area contributed by atoms with E-state index < -0.39 is 0 Å². The van der Waals surface area contributed by atoms with Crippen LogP contribution >= 0.6 is 0 Å². The van der Waals surface area contributed by atoms with E-state index in [0.29, 0.717) is 17.5 Å². The Morgan fingerprint density at radius 1 is 0.431 bits per heavy atom. The molecule has 3 aromatic heterocycles. The van der Waals surface area contributed by atoms with E-state index in [9.17, 15) is 0 Å². The van der Waals surface area contributed by atoms with Crippen LogP contribution in [0.5, 0.6) is 0 Å². The predicted molar refractivity (Wildman–Crippen MR) is 206 cm³/mol. The minimum absolute atomic E-state index is 0.209. The maximum absolute atomic E-state index is 6.30. The summed E-state index contributed by atoms with van der Waals surface area (Å²) < 4.78 is 12.6. The first-order chi connectivity index (χ1) is 25.0. The Labute approximate surface area is 292 Å². The molecule has 5 heteroatoms. The van der Waals surface area contributed by atoms with Crippen LogP contribution in [0.3, 0.4) is 0 Å². The quantitative estimate of drug-likeness (QED) is 0.189. The molecule has 7 aromatic carbocycles. The van der Waals surface area contributed by atoms with E-state index >= 15 is 0 Å². The molecule has 11 rings (SSSR count). The Morgan fingerprint density at radius 2 is 0.980 bits per heavy atom. The lowest BCUT2D eigenvalue weighted by Gasteiger charge is -2.23. The highest BCUT2D eigenvalue weighted by Gasteiger charge is 2.38. The van der Waals surface area contributed by atoms with Gasteiger partial charge in [0.25, 0.3) is 0 Å². The normalized spacial score (nSPS) is 13.5. The van der Waals surface area contributed by atoms with Crippen molar-refractivity contribution in [2.75, 3.05) is 0 Å². The first kappa shape index (κ1) is 28.3. The van der Waals surface area contributed by atoms with Crippen LogP contribution in [0.1, 0.15) is 25.0 Å². The largest absolute Gasteiger partial charge is 0.456 e. The molecule has 0 aliphatic heterocycles. The molecule has 1 aliphatic rings. The second-order valence-corrected chi connectivity index (χ2v) is 14.0. The van der Waals surface area contributed by atoms with Crippen LogP contribution in [0.25, 0.3) is 99.9 Å². The maximum atomic E-state index is 6.30. The van der Waals surface area contributed by atoms with Gasteiger partial charge in [0.15, 0.2) is 17.5 Å². The van der Waals surface area contributed by atoms with E-state index in [0.717, 1.165) is 60.6 Å². The van der Waals surface area contributed by atoms with Gasteiger partial charge in [-0.05, 0) is 69.4 Å². The molecule has 0 spiro atoms. The molecule has 0 saturated heterocycles. The van der Waals surface area contributed by atoms with Gasteiger partial charge in [0.1, 0.15) is 22.3 Å². The third kappa shape index (κ3) is 4.06. The molecule has 0 fully saturated rings. The summed E-state index contributed by atoms with van der Waals surface area (Å²) in [6, 6.07) is 48.4. The minimum atomic E-state index is -0.209. The van der Waals surface area contributed by atoms with E-state index in [1.165, 1.54) is 33.0 Å². The molecule has 0 radical (unpaired) electrons. The van der Waals surface area contributed by atoms with E-state index in [2.05, 4.69) is 105 Å². The first-order valence-corrected chi connectivity index (χ1v) is 17.3. The summed E-state index contributed by atoms with van der Waals surface area (Å²) in [4.78, 5) is 15.6. The van der Waals surface area contributed by atoms with Crippen LogP contribution in [0, 0.1) is 0 Å². The first-order valence-electron chi connectivity index (χ1n) is 17.3. The summed E-state index contributed by atoms with van der Waals surface area (Å²) in [5.41, 5.74) is 10.8. The van der Waals surface area contributed by atoms with Crippen molar-refractivity contribution in [3.63, 3.8) is 0 Å². The smallest absolute Gasteiger partial charge is 0.164 e. The highest BCUT2D eigenvalue weighted by Crippen LogP contribution is 2.54. The van der Waals surface area contributed by atoms with Gasteiger partial charge in [-0.15, -0.1) is 0 Å². The van der Waals surface area contributed by atoms with Crippen molar-refractivity contribution in [1.82, 2.24) is 15.0 Å². The molecule has 0 unspecified atom stereocenters. The summed E-state index contributed by atoms with van der Waals surface area (Å²) in [5.74, 6) is 1.78. The van der Waals surface area contributed by atoms with Gasteiger partial charge in [0.2, 0.25) is 0 Å². The SMILES string of the molecule is CC1(C)c2cccc(-c3nc(-c4ccc5c(c4)oc4ccccc45)nc(-c4ccc5c(c4)oc4ccccc45)n3)c2-c2ccc3ccccc3c21. The summed E-state index contributed by atoms with van der Waals surface area (Å²) in [6.07, 6.45) is 0. The molecule has 51 heavy (non-hydrogen) atoms. The summed E-state index contributed by atoms with van der Waals surface area (Å²) in [6.45, 7) is 4.65. The number of nitrogens with zero attached hydrogens (tertiary/aromatic N) is 3. The van der Waals surface area contributed by atoms with Crippen molar-refractivity contribution in [3.8, 4) is 45.3 Å². The fraction of sp³-hybridized carbons (Fsp3) is 0.0652. The zero-order valence-corrected chi connectivity index (χ0v) is 27.9. The molecule has 0 amide bonds. The minimum Gasteiger partial charge on any atom is -0.456 e. The van der Waals surface area contributed by atoms with Crippen LogP contribution in [0.15, 0.2) is 148 Å². The molecule has 5 nitrogen and oxygen atoms in total. The molecule has 3 heterocycles. The van der Waals surface area contributed by atoms with Gasteiger partial charge in [0.05, 0.1) is 0 Å². The summed E-state index contributed by atoms with van der Waals surface area (Å²) in [7, 11) is 0. The molecule has 240 valence electrons. The van der Waals surface area contributed by atoms with Crippen molar-refractivity contribution in [2.24, 2.45) is 0 Å². The second kappa shape index (κ2) is 10.2. The van der Waals surface area contributed by atoms with Crippen LogP contribution in [0.2, 0.25) is 0 Å². The Balaban J connectivity index is 1.16. The van der Waals surface area contributed by atoms with Crippen molar-refractivity contribution in [3.05, 3.63) is 151 Å². The third-order valence-electron chi connectivity index (χ3n) is 10.7. The number of para-hydroxylation sites is 2. The lowest BCUT2D eigenvalue weighted by Crippen LogP contribution is -2.15. The van der Waals surface area contributed by atoms with Gasteiger partial charge >= 0.3 is 0 Å². The number of fused-ring (bicyclic) bond motifs is 11. The van der Waals surface area contributed by atoms with Gasteiger partial charge in [0, 0.05) is 43.7 Å². The third-order valence-corrected chi connectivity index (χ3v) is 10.7. The van der Waals surface area contributed by atoms with Gasteiger partial charge < -0.3 is 8.83 Å². The average Bonchev–Trinajstić information content (AvgIpc) is 3.81. The van der Waals surface area contributed by atoms with Gasteiger partial charge in [-0.25, -0.2) is 15.0 Å². The average molecular weight is 656 g/mol. The van der Waals surface area contributed by atoms with Gasteiger partial charge in [-0.3, -0.25) is 0 Å². The zero-order valence-electron chi connectivity index (χ0n) is 27.9. The molecule has 1 aliphatic carbocycles. The van der Waals surface area contributed by atoms with Gasteiger partial charge in [-0.2, -0.15) is 0 Å². The number of rotatable bonds is 3. The highest BCUT2D eigenvalue weighted by atomic mass is 16.3. The predicted octanol–water partition coefficient (Wildman–Crippen LogP) is 12.1. The Bertz CT molecular complexity index is 2940. The van der Waals surface area contributed by atoms with Gasteiger partial charge in [-0.1, -0.05) is 117 Å². The highest BCUT2D eigenvalue weighted by molar-refractivity contribution is 6.07. The van der Waals surface area contributed by atoms with Crippen molar-refractivity contribution in [1.29, 1.82) is 0 Å². The topological polar surface area (TPSA) is 65.0 Å². The van der Waals surface area contributed by atoms with E-state index in [1.54, 1.807) is 0 Å². The molecule has 0 saturated carbocycles. The van der Waals surface area contributed by atoms with Crippen molar-refractivity contribution >= 4 is 54.6 Å². The van der Waals surface area contributed by atoms with E-state index in [1.807, 2.05) is 48.5 Å². The Morgan fingerprint density at radius 3 is 1.63 bits per heavy atom. The molecule has 0 bridgehead atoms. The molecular weight excluding hydrogens is 627 g/mol. The second-order valence-electron chi connectivity index (χ2n) is 14.0. The summed E-state index contributed by atoms with van der Waals surface area (Å²) >= 11 is 0. The van der Waals surface area contributed by atoms with Crippen molar-refractivity contribution in [2.45, 2.75) is 19.3 Å². The zero-order chi connectivity index (χ0) is 33.8. The fourth-order valence-electron chi connectivity index (χ4n) is 8.32. The van der Waals surface area contributed by atoms with Crippen LogP contribution in [0.4, 0.5) is 0 Å². The van der Waals surface area contributed by atoms with Crippen molar-refractivity contribution < 1.29 is 8.83 Å². The number of hydrogen-bond acceptors (Lipinski definition) is 5.